The van der Waals surface area contributed by atoms with Gasteiger partial charge in [0, 0.05) is 23.2 Å². The summed E-state index contributed by atoms with van der Waals surface area (Å²) in [6, 6.07) is 9.59. The molecule has 0 amide bonds. The fourth-order valence-corrected chi connectivity index (χ4v) is 2.01. The van der Waals surface area contributed by atoms with E-state index in [0.717, 1.165) is 15.7 Å². The summed E-state index contributed by atoms with van der Waals surface area (Å²) in [7, 11) is 1.60. The maximum Gasteiger partial charge on any atom is 0.157 e. The summed E-state index contributed by atoms with van der Waals surface area (Å²) in [5.74, 6) is 1.02. The minimum absolute atomic E-state index is 0.350. The van der Waals surface area contributed by atoms with Crippen molar-refractivity contribution in [3.05, 3.63) is 40.6 Å². The molecule has 1 heterocycles. The lowest BCUT2D eigenvalue weighted by atomic mass is 10.1. The Labute approximate surface area is 108 Å². The first kappa shape index (κ1) is 12.0. The van der Waals surface area contributed by atoms with E-state index < -0.39 is 0 Å². The van der Waals surface area contributed by atoms with Crippen LogP contribution >= 0.6 is 15.9 Å². The van der Waals surface area contributed by atoms with E-state index in [2.05, 4.69) is 25.9 Å². The number of methoxy groups -OCH3 is 1. The van der Waals surface area contributed by atoms with Gasteiger partial charge in [-0.25, -0.2) is 9.97 Å². The number of halogens is 1. The average molecular weight is 294 g/mol. The van der Waals surface area contributed by atoms with Crippen molar-refractivity contribution in [3.8, 4) is 11.3 Å². The predicted octanol–water partition coefficient (Wildman–Crippen LogP) is 2.63. The minimum Gasteiger partial charge on any atom is -0.384 e. The zero-order valence-electron chi connectivity index (χ0n) is 9.35. The van der Waals surface area contributed by atoms with E-state index in [1.807, 2.05) is 24.3 Å². The Morgan fingerprint density at radius 3 is 2.76 bits per heavy atom. The summed E-state index contributed by atoms with van der Waals surface area (Å²) in [6.45, 7) is 0.350. The van der Waals surface area contributed by atoms with Gasteiger partial charge in [0.1, 0.15) is 12.4 Å². The first-order valence-electron chi connectivity index (χ1n) is 5.08. The third kappa shape index (κ3) is 2.81. The van der Waals surface area contributed by atoms with Crippen LogP contribution in [0, 0.1) is 0 Å². The topological polar surface area (TPSA) is 61.0 Å². The highest BCUT2D eigenvalue weighted by Crippen LogP contribution is 2.27. The highest BCUT2D eigenvalue weighted by atomic mass is 79.9. The molecule has 0 saturated carbocycles. The Balaban J connectivity index is 2.48. The van der Waals surface area contributed by atoms with Crippen LogP contribution in [0.15, 0.2) is 34.8 Å². The molecule has 88 valence electrons. The maximum absolute atomic E-state index is 5.76. The smallest absolute Gasteiger partial charge is 0.157 e. The van der Waals surface area contributed by atoms with Gasteiger partial charge < -0.3 is 10.5 Å². The predicted molar refractivity (Wildman–Crippen MR) is 70.3 cm³/mol. The second-order valence-corrected chi connectivity index (χ2v) is 4.36. The fraction of sp³-hybridized carbons (Fsp3) is 0.167. The van der Waals surface area contributed by atoms with Crippen molar-refractivity contribution in [3.63, 3.8) is 0 Å². The SMILES string of the molecule is COCc1nc(N)cc(-c2ccccc2Br)n1. The van der Waals surface area contributed by atoms with Crippen LogP contribution in [0.5, 0.6) is 0 Å². The van der Waals surface area contributed by atoms with Crippen LogP contribution in [-0.4, -0.2) is 17.1 Å². The van der Waals surface area contributed by atoms with Gasteiger partial charge in [-0.1, -0.05) is 34.1 Å². The van der Waals surface area contributed by atoms with Gasteiger partial charge in [0.25, 0.3) is 0 Å². The molecule has 0 aliphatic carbocycles. The Morgan fingerprint density at radius 2 is 2.06 bits per heavy atom. The van der Waals surface area contributed by atoms with E-state index in [1.165, 1.54) is 0 Å². The highest BCUT2D eigenvalue weighted by Gasteiger charge is 2.07. The molecule has 0 bridgehead atoms. The second kappa shape index (κ2) is 5.25. The van der Waals surface area contributed by atoms with Crippen molar-refractivity contribution >= 4 is 21.7 Å². The van der Waals surface area contributed by atoms with Crippen LogP contribution in [0.2, 0.25) is 0 Å². The van der Waals surface area contributed by atoms with E-state index in [4.69, 9.17) is 10.5 Å². The van der Waals surface area contributed by atoms with Crippen molar-refractivity contribution in [1.82, 2.24) is 9.97 Å². The number of nitrogen functional groups attached to an aromatic ring is 1. The van der Waals surface area contributed by atoms with E-state index in [-0.39, 0.29) is 0 Å². The molecule has 0 atom stereocenters. The van der Waals surface area contributed by atoms with E-state index >= 15 is 0 Å². The monoisotopic (exact) mass is 293 g/mol. The van der Waals surface area contributed by atoms with Crippen molar-refractivity contribution in [2.24, 2.45) is 0 Å². The Kier molecular flexibility index (Phi) is 3.71. The number of rotatable bonds is 3. The summed E-state index contributed by atoms with van der Waals surface area (Å²) in [5.41, 5.74) is 7.53. The van der Waals surface area contributed by atoms with Crippen LogP contribution in [0.4, 0.5) is 5.82 Å². The first-order valence-corrected chi connectivity index (χ1v) is 5.87. The molecule has 0 aliphatic rings. The summed E-state index contributed by atoms with van der Waals surface area (Å²) in [4.78, 5) is 8.51. The summed E-state index contributed by atoms with van der Waals surface area (Å²) in [6.07, 6.45) is 0. The van der Waals surface area contributed by atoms with Gasteiger partial charge in [-0.15, -0.1) is 0 Å². The lowest BCUT2D eigenvalue weighted by Gasteiger charge is -2.07. The fourth-order valence-electron chi connectivity index (χ4n) is 1.52. The largest absolute Gasteiger partial charge is 0.384 e. The van der Waals surface area contributed by atoms with E-state index in [9.17, 15) is 0 Å². The number of ether oxygens (including phenoxy) is 1. The van der Waals surface area contributed by atoms with Gasteiger partial charge in [-0.2, -0.15) is 0 Å². The van der Waals surface area contributed by atoms with Crippen molar-refractivity contribution in [2.75, 3.05) is 12.8 Å². The molecule has 0 unspecified atom stereocenters. The second-order valence-electron chi connectivity index (χ2n) is 3.51. The van der Waals surface area contributed by atoms with Crippen LogP contribution in [0.25, 0.3) is 11.3 Å². The number of nitrogens with two attached hydrogens (primary N) is 1. The van der Waals surface area contributed by atoms with E-state index in [0.29, 0.717) is 18.2 Å². The molecule has 17 heavy (non-hydrogen) atoms. The Hall–Kier alpha value is -1.46. The van der Waals surface area contributed by atoms with Crippen molar-refractivity contribution < 1.29 is 4.74 Å². The zero-order chi connectivity index (χ0) is 12.3. The molecule has 5 heteroatoms. The van der Waals surface area contributed by atoms with Crippen LogP contribution in [0.1, 0.15) is 5.82 Å². The summed E-state index contributed by atoms with van der Waals surface area (Å²) < 4.78 is 5.99. The molecular formula is C12H12BrN3O. The lowest BCUT2D eigenvalue weighted by molar-refractivity contribution is 0.178. The van der Waals surface area contributed by atoms with Gasteiger partial charge in [-0.05, 0) is 6.07 Å². The highest BCUT2D eigenvalue weighted by molar-refractivity contribution is 9.10. The number of nitrogens with zero attached hydrogens (tertiary/aromatic N) is 2. The number of benzene rings is 1. The summed E-state index contributed by atoms with van der Waals surface area (Å²) >= 11 is 3.49. The minimum atomic E-state index is 0.350. The molecule has 0 spiro atoms. The van der Waals surface area contributed by atoms with Gasteiger partial charge in [0.2, 0.25) is 0 Å². The van der Waals surface area contributed by atoms with Gasteiger partial charge in [0.05, 0.1) is 5.69 Å². The molecule has 2 rings (SSSR count). The molecule has 0 saturated heterocycles. The Morgan fingerprint density at radius 1 is 1.29 bits per heavy atom. The van der Waals surface area contributed by atoms with Crippen LogP contribution in [0.3, 0.4) is 0 Å². The number of anilines is 1. The lowest BCUT2D eigenvalue weighted by Crippen LogP contribution is -2.02. The average Bonchev–Trinajstić information content (AvgIpc) is 2.29. The molecule has 0 fully saturated rings. The quantitative estimate of drug-likeness (QED) is 0.945. The molecule has 0 aliphatic heterocycles. The molecule has 2 aromatic rings. The van der Waals surface area contributed by atoms with Crippen LogP contribution in [-0.2, 0) is 11.3 Å². The third-order valence-electron chi connectivity index (χ3n) is 2.22. The molecule has 1 aromatic carbocycles. The standard InChI is InChI=1S/C12H12BrN3O/c1-17-7-12-15-10(6-11(14)16-12)8-4-2-3-5-9(8)13/h2-6H,7H2,1H3,(H2,14,15,16). The summed E-state index contributed by atoms with van der Waals surface area (Å²) in [5, 5.41) is 0. The van der Waals surface area contributed by atoms with Crippen molar-refractivity contribution in [2.45, 2.75) is 6.61 Å². The third-order valence-corrected chi connectivity index (χ3v) is 2.91. The zero-order valence-corrected chi connectivity index (χ0v) is 10.9. The first-order chi connectivity index (χ1) is 8.20. The normalized spacial score (nSPS) is 10.5. The number of hydrogen-bond acceptors (Lipinski definition) is 4. The van der Waals surface area contributed by atoms with E-state index in [1.54, 1.807) is 13.2 Å². The van der Waals surface area contributed by atoms with Gasteiger partial charge in [0.15, 0.2) is 5.82 Å². The van der Waals surface area contributed by atoms with Gasteiger partial charge in [-0.3, -0.25) is 0 Å². The molecule has 4 nitrogen and oxygen atoms in total. The molecular weight excluding hydrogens is 282 g/mol. The number of aromatic nitrogens is 2. The van der Waals surface area contributed by atoms with Gasteiger partial charge >= 0.3 is 0 Å². The molecule has 1 aromatic heterocycles. The number of hydrogen-bond donors (Lipinski definition) is 1. The van der Waals surface area contributed by atoms with Crippen LogP contribution < -0.4 is 5.73 Å². The molecule has 0 radical (unpaired) electrons. The van der Waals surface area contributed by atoms with Crippen molar-refractivity contribution in [1.29, 1.82) is 0 Å². The Bertz CT molecular complexity index is 531. The molecule has 2 N–H and O–H groups in total. The maximum atomic E-state index is 5.76.